The molecule has 0 bridgehead atoms. The highest BCUT2D eigenvalue weighted by Crippen LogP contribution is 2.32. The number of hydrogen-bond acceptors (Lipinski definition) is 9. The van der Waals surface area contributed by atoms with Gasteiger partial charge in [0.2, 0.25) is 5.88 Å². The number of aryl methyl sites for hydroxylation is 1. The molecule has 0 unspecified atom stereocenters. The number of hydrogen-bond donors (Lipinski definition) is 1. The molecule has 2 amide bonds. The Labute approximate surface area is 173 Å². The van der Waals surface area contributed by atoms with Crippen LogP contribution < -0.4 is 9.46 Å². The molecule has 0 saturated carbocycles. The van der Waals surface area contributed by atoms with Crippen molar-refractivity contribution in [2.24, 2.45) is 10.2 Å². The van der Waals surface area contributed by atoms with Gasteiger partial charge in [0.25, 0.3) is 10.0 Å². The average Bonchev–Trinajstić information content (AvgIpc) is 3.28. The quantitative estimate of drug-likeness (QED) is 0.565. The maximum absolute atomic E-state index is 12.6. The molecule has 3 heterocycles. The molecular formula is C15H12ClN5O4S3. The number of nitrogens with one attached hydrogen (secondary N) is 1. The van der Waals surface area contributed by atoms with Crippen molar-refractivity contribution in [3.63, 3.8) is 0 Å². The van der Waals surface area contributed by atoms with Crippen molar-refractivity contribution in [2.75, 3.05) is 7.11 Å². The molecule has 28 heavy (non-hydrogen) atoms. The van der Waals surface area contributed by atoms with Crippen molar-refractivity contribution in [3.05, 3.63) is 39.0 Å². The van der Waals surface area contributed by atoms with Crippen LogP contribution in [0, 0.1) is 6.92 Å². The minimum absolute atomic E-state index is 0.00772. The van der Waals surface area contributed by atoms with E-state index in [4.69, 9.17) is 16.3 Å². The van der Waals surface area contributed by atoms with Gasteiger partial charge in [-0.3, -0.25) is 0 Å². The van der Waals surface area contributed by atoms with Gasteiger partial charge in [-0.1, -0.05) is 16.7 Å². The average molecular weight is 458 g/mol. The standard InChI is InChI=1S/C15H12ClN5O4S3/c1-8-17-11(7-27-8)10-3-4-26-14(10)28(23,24)21-15(22)20-19-12-5-9(16)6-13(18-12)25-2/h3-7H,1-2H3,(H,21,22). The third-order valence-corrected chi connectivity index (χ3v) is 6.99. The number of carbonyl (C=O) groups excluding carboxylic acids is 1. The van der Waals surface area contributed by atoms with Crippen LogP contribution in [0.15, 0.2) is 43.4 Å². The summed E-state index contributed by atoms with van der Waals surface area (Å²) in [6.45, 7) is 1.82. The highest BCUT2D eigenvalue weighted by Gasteiger charge is 2.24. The number of amides is 2. The zero-order valence-electron chi connectivity index (χ0n) is 14.4. The van der Waals surface area contributed by atoms with E-state index < -0.39 is 16.1 Å². The minimum atomic E-state index is -4.15. The van der Waals surface area contributed by atoms with Crippen molar-refractivity contribution in [1.29, 1.82) is 0 Å². The molecule has 9 nitrogen and oxygen atoms in total. The third-order valence-electron chi connectivity index (χ3n) is 3.20. The monoisotopic (exact) mass is 457 g/mol. The molecule has 0 fully saturated rings. The first kappa shape index (κ1) is 20.3. The molecule has 0 radical (unpaired) electrons. The smallest absolute Gasteiger partial charge is 0.373 e. The Morgan fingerprint density at radius 1 is 1.29 bits per heavy atom. The summed E-state index contributed by atoms with van der Waals surface area (Å²) < 4.78 is 31.9. The maximum Gasteiger partial charge on any atom is 0.373 e. The molecule has 3 aromatic rings. The SMILES string of the molecule is COc1cc(Cl)cc(N=NC(=O)NS(=O)(=O)c2sccc2-c2csc(C)n2)n1. The van der Waals surface area contributed by atoms with Gasteiger partial charge >= 0.3 is 6.03 Å². The Hall–Kier alpha value is -2.41. The van der Waals surface area contributed by atoms with E-state index in [0.717, 1.165) is 16.3 Å². The van der Waals surface area contributed by atoms with Crippen molar-refractivity contribution >= 4 is 56.1 Å². The Balaban J connectivity index is 1.79. The normalized spacial score (nSPS) is 11.7. The van der Waals surface area contributed by atoms with Crippen LogP contribution in [0.5, 0.6) is 5.88 Å². The number of thiophene rings is 1. The molecule has 0 aliphatic rings. The van der Waals surface area contributed by atoms with E-state index >= 15 is 0 Å². The predicted octanol–water partition coefficient (Wildman–Crippen LogP) is 4.42. The second-order valence-corrected chi connectivity index (χ2v) is 9.46. The van der Waals surface area contributed by atoms with Crippen LogP contribution in [0.3, 0.4) is 0 Å². The summed E-state index contributed by atoms with van der Waals surface area (Å²) in [7, 11) is -2.76. The number of sulfonamides is 1. The summed E-state index contributed by atoms with van der Waals surface area (Å²) in [5.74, 6) is 0.169. The zero-order valence-corrected chi connectivity index (χ0v) is 17.6. The van der Waals surface area contributed by atoms with E-state index in [2.05, 4.69) is 20.2 Å². The number of rotatable bonds is 5. The number of thiazole rings is 1. The van der Waals surface area contributed by atoms with Gasteiger partial charge in [-0.05, 0) is 18.4 Å². The molecule has 3 aromatic heterocycles. The summed E-state index contributed by atoms with van der Waals surface area (Å²) in [5, 5.41) is 11.3. The van der Waals surface area contributed by atoms with Crippen molar-refractivity contribution in [3.8, 4) is 17.1 Å². The second-order valence-electron chi connectivity index (χ2n) is 5.17. The number of pyridine rings is 1. The van der Waals surface area contributed by atoms with Gasteiger partial charge in [0, 0.05) is 28.1 Å². The Morgan fingerprint density at radius 2 is 2.07 bits per heavy atom. The van der Waals surface area contributed by atoms with Crippen LogP contribution in [0.1, 0.15) is 5.01 Å². The van der Waals surface area contributed by atoms with E-state index in [9.17, 15) is 13.2 Å². The van der Waals surface area contributed by atoms with Gasteiger partial charge in [-0.2, -0.15) is 4.98 Å². The van der Waals surface area contributed by atoms with Gasteiger partial charge in [-0.25, -0.2) is 22.9 Å². The lowest BCUT2D eigenvalue weighted by atomic mass is 10.3. The molecular weight excluding hydrogens is 446 g/mol. The molecule has 0 atom stereocenters. The largest absolute Gasteiger partial charge is 0.481 e. The number of carbonyl (C=O) groups is 1. The van der Waals surface area contributed by atoms with Gasteiger partial charge < -0.3 is 4.74 Å². The van der Waals surface area contributed by atoms with Gasteiger partial charge in [0.15, 0.2) is 5.82 Å². The van der Waals surface area contributed by atoms with Crippen LogP contribution in [-0.2, 0) is 10.0 Å². The lowest BCUT2D eigenvalue weighted by Crippen LogP contribution is -2.27. The van der Waals surface area contributed by atoms with E-state index in [1.54, 1.807) is 16.8 Å². The fourth-order valence-electron chi connectivity index (χ4n) is 2.08. The highest BCUT2D eigenvalue weighted by atomic mass is 35.5. The lowest BCUT2D eigenvalue weighted by molar-refractivity contribution is 0.252. The summed E-state index contributed by atoms with van der Waals surface area (Å²) >= 11 is 8.24. The first-order chi connectivity index (χ1) is 13.3. The fraction of sp³-hybridized carbons (Fsp3) is 0.133. The number of nitrogens with zero attached hydrogens (tertiary/aromatic N) is 4. The first-order valence-electron chi connectivity index (χ1n) is 7.48. The summed E-state index contributed by atoms with van der Waals surface area (Å²) in [6.07, 6.45) is 0. The number of halogens is 1. The molecule has 0 aliphatic heterocycles. The lowest BCUT2D eigenvalue weighted by Gasteiger charge is -2.04. The van der Waals surface area contributed by atoms with E-state index in [1.165, 1.54) is 30.6 Å². The van der Waals surface area contributed by atoms with Crippen LogP contribution in [-0.4, -0.2) is 31.5 Å². The van der Waals surface area contributed by atoms with Crippen LogP contribution in [0.4, 0.5) is 10.6 Å². The summed E-state index contributed by atoms with van der Waals surface area (Å²) in [4.78, 5) is 20.2. The molecule has 0 aromatic carbocycles. The topological polar surface area (TPSA) is 123 Å². The Morgan fingerprint density at radius 3 is 2.75 bits per heavy atom. The number of urea groups is 1. The van der Waals surface area contributed by atoms with Crippen LogP contribution in [0.25, 0.3) is 11.3 Å². The molecule has 13 heteroatoms. The van der Waals surface area contributed by atoms with Gasteiger partial charge in [-0.15, -0.1) is 27.8 Å². The first-order valence-corrected chi connectivity index (χ1v) is 11.1. The maximum atomic E-state index is 12.6. The zero-order chi connectivity index (χ0) is 20.3. The predicted molar refractivity (Wildman–Crippen MR) is 106 cm³/mol. The molecule has 0 aliphatic carbocycles. The van der Waals surface area contributed by atoms with E-state index in [0.29, 0.717) is 11.3 Å². The minimum Gasteiger partial charge on any atom is -0.481 e. The molecule has 1 N–H and O–H groups in total. The van der Waals surface area contributed by atoms with Crippen molar-refractivity contribution < 1.29 is 17.9 Å². The third kappa shape index (κ3) is 4.70. The van der Waals surface area contributed by atoms with Crippen molar-refractivity contribution in [2.45, 2.75) is 11.1 Å². The van der Waals surface area contributed by atoms with E-state index in [-0.39, 0.29) is 20.9 Å². The van der Waals surface area contributed by atoms with Gasteiger partial charge in [0.05, 0.1) is 17.8 Å². The Bertz CT molecular complexity index is 1160. The van der Waals surface area contributed by atoms with Gasteiger partial charge in [0.1, 0.15) is 4.21 Å². The number of azo groups is 1. The molecule has 0 saturated heterocycles. The van der Waals surface area contributed by atoms with E-state index in [1.807, 2.05) is 11.6 Å². The molecule has 146 valence electrons. The summed E-state index contributed by atoms with van der Waals surface area (Å²) in [6, 6.07) is 3.25. The second kappa shape index (κ2) is 8.31. The van der Waals surface area contributed by atoms with Crippen LogP contribution >= 0.6 is 34.3 Å². The Kier molecular flexibility index (Phi) is 6.03. The summed E-state index contributed by atoms with van der Waals surface area (Å²) in [5.41, 5.74) is 0.932. The molecule has 0 spiro atoms. The fourth-order valence-corrected chi connectivity index (χ4v) is 5.13. The number of aromatic nitrogens is 2. The molecule has 3 rings (SSSR count). The highest BCUT2D eigenvalue weighted by molar-refractivity contribution is 7.92. The number of ether oxygens (including phenoxy) is 1. The van der Waals surface area contributed by atoms with Crippen molar-refractivity contribution in [1.82, 2.24) is 14.7 Å². The number of methoxy groups -OCH3 is 1. The van der Waals surface area contributed by atoms with Crippen LogP contribution in [0.2, 0.25) is 5.02 Å².